The Hall–Kier alpha value is -2.51. The monoisotopic (exact) mass is 346 g/mol. The van der Waals surface area contributed by atoms with Crippen LogP contribution in [0, 0.1) is 12.7 Å². The van der Waals surface area contributed by atoms with E-state index in [9.17, 15) is 12.8 Å². The predicted octanol–water partition coefficient (Wildman–Crippen LogP) is 3.27. The molecule has 0 aliphatic heterocycles. The summed E-state index contributed by atoms with van der Waals surface area (Å²) in [5.41, 5.74) is 1.59. The first-order chi connectivity index (χ1) is 11.5. The first-order valence-electron chi connectivity index (χ1n) is 7.21. The maximum absolute atomic E-state index is 13.2. The van der Waals surface area contributed by atoms with Crippen LogP contribution in [0.2, 0.25) is 0 Å². The van der Waals surface area contributed by atoms with Crippen LogP contribution < -0.4 is 4.72 Å². The lowest BCUT2D eigenvalue weighted by atomic mass is 10.1. The minimum absolute atomic E-state index is 0.0447. The van der Waals surface area contributed by atoms with E-state index in [-0.39, 0.29) is 11.4 Å². The van der Waals surface area contributed by atoms with Crippen molar-refractivity contribution in [3.8, 4) is 11.5 Å². The van der Waals surface area contributed by atoms with Crippen LogP contribution in [0.3, 0.4) is 0 Å². The van der Waals surface area contributed by atoms with E-state index in [1.54, 1.807) is 37.4 Å². The third kappa shape index (κ3) is 3.37. The molecule has 0 atom stereocenters. The molecule has 124 valence electrons. The van der Waals surface area contributed by atoms with Crippen LogP contribution >= 0.6 is 0 Å². The van der Waals surface area contributed by atoms with Gasteiger partial charge in [-0.1, -0.05) is 6.07 Å². The average molecular weight is 346 g/mol. The van der Waals surface area contributed by atoms with Crippen LogP contribution in [0.5, 0.6) is 0 Å². The second-order valence-corrected chi connectivity index (χ2v) is 6.96. The highest BCUT2D eigenvalue weighted by atomic mass is 32.2. The maximum Gasteiger partial charge on any atom is 0.241 e. The number of nitrogens with one attached hydrogen (secondary N) is 1. The molecule has 7 heteroatoms. The minimum atomic E-state index is -3.77. The van der Waals surface area contributed by atoms with Crippen molar-refractivity contribution < 1.29 is 17.2 Å². The molecule has 24 heavy (non-hydrogen) atoms. The molecular formula is C17H15FN2O3S. The van der Waals surface area contributed by atoms with Crippen molar-refractivity contribution in [2.45, 2.75) is 18.4 Å². The highest BCUT2D eigenvalue weighted by molar-refractivity contribution is 7.89. The second-order valence-electron chi connectivity index (χ2n) is 5.22. The van der Waals surface area contributed by atoms with Gasteiger partial charge in [0.1, 0.15) is 11.5 Å². The molecule has 0 radical (unpaired) electrons. The summed E-state index contributed by atoms with van der Waals surface area (Å²) < 4.78 is 45.9. The third-order valence-corrected chi connectivity index (χ3v) is 5.09. The molecule has 3 aromatic rings. The molecule has 0 aliphatic rings. The average Bonchev–Trinajstić information content (AvgIpc) is 3.07. The van der Waals surface area contributed by atoms with Gasteiger partial charge in [0.05, 0.1) is 11.2 Å². The van der Waals surface area contributed by atoms with E-state index in [2.05, 4.69) is 9.71 Å². The maximum atomic E-state index is 13.2. The first kappa shape index (κ1) is 16.4. The second kappa shape index (κ2) is 6.54. The molecule has 5 nitrogen and oxygen atoms in total. The van der Waals surface area contributed by atoms with Crippen molar-refractivity contribution in [3.63, 3.8) is 0 Å². The zero-order chi connectivity index (χ0) is 17.2. The zero-order valence-corrected chi connectivity index (χ0v) is 13.7. The molecule has 0 aliphatic carbocycles. The number of aromatic nitrogens is 1. The number of sulfonamides is 1. The van der Waals surface area contributed by atoms with Crippen molar-refractivity contribution in [1.82, 2.24) is 9.71 Å². The number of furan rings is 1. The molecule has 0 saturated carbocycles. The molecule has 2 heterocycles. The third-order valence-electron chi connectivity index (χ3n) is 3.52. The van der Waals surface area contributed by atoms with E-state index in [4.69, 9.17) is 4.42 Å². The van der Waals surface area contributed by atoms with Gasteiger partial charge in [-0.15, -0.1) is 0 Å². The number of pyridine rings is 1. The summed E-state index contributed by atoms with van der Waals surface area (Å²) in [4.78, 5) is 4.29. The van der Waals surface area contributed by atoms with Crippen molar-refractivity contribution in [2.24, 2.45) is 0 Å². The fourth-order valence-corrected chi connectivity index (χ4v) is 3.61. The number of nitrogens with zero attached hydrogens (tertiary/aromatic N) is 1. The number of rotatable bonds is 5. The lowest BCUT2D eigenvalue weighted by Crippen LogP contribution is -2.24. The molecular weight excluding hydrogens is 331 g/mol. The standard InChI is InChI=1S/C17H15FN2O3S/c1-12-10-14(18)6-7-16(12)24(21,22)20-11-13-4-2-8-19-17(13)15-5-3-9-23-15/h2-10,20H,11H2,1H3. The Labute approximate surface area is 139 Å². The van der Waals surface area contributed by atoms with Gasteiger partial charge in [0, 0.05) is 12.7 Å². The van der Waals surface area contributed by atoms with Crippen molar-refractivity contribution in [1.29, 1.82) is 0 Å². The van der Waals surface area contributed by atoms with Gasteiger partial charge in [0.2, 0.25) is 10.0 Å². The molecule has 3 rings (SSSR count). The molecule has 2 aromatic heterocycles. The van der Waals surface area contributed by atoms with E-state index in [0.717, 1.165) is 6.07 Å². The van der Waals surface area contributed by atoms with Crippen LogP contribution in [0.15, 0.2) is 64.2 Å². The summed E-state index contributed by atoms with van der Waals surface area (Å²) >= 11 is 0. The van der Waals surface area contributed by atoms with Gasteiger partial charge in [-0.25, -0.2) is 17.5 Å². The Kier molecular flexibility index (Phi) is 4.46. The zero-order valence-electron chi connectivity index (χ0n) is 12.9. The normalized spacial score (nSPS) is 11.6. The molecule has 0 bridgehead atoms. The highest BCUT2D eigenvalue weighted by Gasteiger charge is 2.18. The highest BCUT2D eigenvalue weighted by Crippen LogP contribution is 2.22. The van der Waals surface area contributed by atoms with Crippen LogP contribution in [-0.4, -0.2) is 13.4 Å². The van der Waals surface area contributed by atoms with Gasteiger partial charge >= 0.3 is 0 Å². The van der Waals surface area contributed by atoms with Crippen LogP contribution in [0.25, 0.3) is 11.5 Å². The van der Waals surface area contributed by atoms with Crippen molar-refractivity contribution in [2.75, 3.05) is 0 Å². The van der Waals surface area contributed by atoms with Crippen LogP contribution in [-0.2, 0) is 16.6 Å². The topological polar surface area (TPSA) is 72.2 Å². The van der Waals surface area contributed by atoms with E-state index in [0.29, 0.717) is 22.6 Å². The van der Waals surface area contributed by atoms with Gasteiger partial charge in [-0.05, 0) is 54.4 Å². The fourth-order valence-electron chi connectivity index (χ4n) is 2.38. The van der Waals surface area contributed by atoms with E-state index in [1.165, 1.54) is 18.4 Å². The summed E-state index contributed by atoms with van der Waals surface area (Å²) in [6, 6.07) is 10.5. The predicted molar refractivity (Wildman–Crippen MR) is 87.1 cm³/mol. The largest absolute Gasteiger partial charge is 0.463 e. The van der Waals surface area contributed by atoms with Gasteiger partial charge in [0.25, 0.3) is 0 Å². The molecule has 0 saturated heterocycles. The summed E-state index contributed by atoms with van der Waals surface area (Å²) in [5, 5.41) is 0. The molecule has 0 amide bonds. The quantitative estimate of drug-likeness (QED) is 0.770. The first-order valence-corrected chi connectivity index (χ1v) is 8.69. The minimum Gasteiger partial charge on any atom is -0.463 e. The molecule has 0 unspecified atom stereocenters. The number of hydrogen-bond donors (Lipinski definition) is 1. The van der Waals surface area contributed by atoms with E-state index < -0.39 is 15.8 Å². The Bertz CT molecular complexity index is 954. The number of aryl methyl sites for hydroxylation is 1. The van der Waals surface area contributed by atoms with Gasteiger partial charge in [-0.2, -0.15) is 0 Å². The van der Waals surface area contributed by atoms with Crippen molar-refractivity contribution in [3.05, 3.63) is 71.9 Å². The molecule has 1 aromatic carbocycles. The summed E-state index contributed by atoms with van der Waals surface area (Å²) in [5.74, 6) is 0.0848. The SMILES string of the molecule is Cc1cc(F)ccc1S(=O)(=O)NCc1cccnc1-c1ccco1. The molecule has 1 N–H and O–H groups in total. The Morgan fingerprint density at radius 2 is 2.04 bits per heavy atom. The summed E-state index contributed by atoms with van der Waals surface area (Å²) in [6.07, 6.45) is 3.14. The van der Waals surface area contributed by atoms with Crippen LogP contribution in [0.4, 0.5) is 4.39 Å². The molecule has 0 spiro atoms. The summed E-state index contributed by atoms with van der Waals surface area (Å²) in [6.45, 7) is 1.60. The van der Waals surface area contributed by atoms with Crippen LogP contribution in [0.1, 0.15) is 11.1 Å². The molecule has 0 fully saturated rings. The summed E-state index contributed by atoms with van der Waals surface area (Å²) in [7, 11) is -3.77. The number of benzene rings is 1. The van der Waals surface area contributed by atoms with E-state index in [1.807, 2.05) is 0 Å². The fraction of sp³-hybridized carbons (Fsp3) is 0.118. The van der Waals surface area contributed by atoms with Gasteiger partial charge in [-0.3, -0.25) is 4.98 Å². The lowest BCUT2D eigenvalue weighted by molar-refractivity contribution is 0.574. The Morgan fingerprint density at radius 1 is 1.21 bits per heavy atom. The smallest absolute Gasteiger partial charge is 0.241 e. The Balaban J connectivity index is 1.86. The lowest BCUT2D eigenvalue weighted by Gasteiger charge is -2.11. The Morgan fingerprint density at radius 3 is 2.75 bits per heavy atom. The van der Waals surface area contributed by atoms with Gasteiger partial charge in [0.15, 0.2) is 5.76 Å². The van der Waals surface area contributed by atoms with E-state index >= 15 is 0 Å². The number of hydrogen-bond acceptors (Lipinski definition) is 4. The van der Waals surface area contributed by atoms with Gasteiger partial charge < -0.3 is 4.42 Å². The number of halogens is 1. The van der Waals surface area contributed by atoms with Crippen molar-refractivity contribution >= 4 is 10.0 Å².